The minimum Gasteiger partial charge on any atom is -0.480 e. The first-order chi connectivity index (χ1) is 9.74. The molecule has 0 aliphatic carbocycles. The van der Waals surface area contributed by atoms with Gasteiger partial charge in [-0.3, -0.25) is 9.35 Å². The maximum absolute atomic E-state index is 12.1. The number of carbonyl (C=O) groups is 2. The van der Waals surface area contributed by atoms with Crippen LogP contribution < -0.4 is 5.32 Å². The van der Waals surface area contributed by atoms with Crippen LogP contribution >= 0.6 is 0 Å². The highest BCUT2D eigenvalue weighted by Crippen LogP contribution is 2.19. The highest BCUT2D eigenvalue weighted by atomic mass is 32.2. The summed E-state index contributed by atoms with van der Waals surface area (Å²) in [4.78, 5) is 23.1. The monoisotopic (exact) mass is 315 g/mol. The second-order valence-corrected chi connectivity index (χ2v) is 6.02. The molecule has 7 nitrogen and oxygen atoms in total. The summed E-state index contributed by atoms with van der Waals surface area (Å²) >= 11 is 0. The summed E-state index contributed by atoms with van der Waals surface area (Å²) in [5, 5.41) is 11.1. The van der Waals surface area contributed by atoms with Crippen LogP contribution in [0.2, 0.25) is 0 Å². The van der Waals surface area contributed by atoms with Gasteiger partial charge in [0.15, 0.2) is 0 Å². The summed E-state index contributed by atoms with van der Waals surface area (Å²) in [7, 11) is -4.51. The first-order valence-electron chi connectivity index (χ1n) is 6.28. The molecule has 0 spiro atoms. The Morgan fingerprint density at radius 3 is 2.24 bits per heavy atom. The third-order valence-corrected chi connectivity index (χ3v) is 3.67. The molecule has 116 valence electrons. The molecule has 2 atom stereocenters. The Kier molecular flexibility index (Phi) is 5.86. The number of carboxylic acids is 1. The summed E-state index contributed by atoms with van der Waals surface area (Å²) < 4.78 is 30.3. The standard InChI is InChI=1S/C13H17NO6S/c1-2-10(9-6-4-3-5-7-9)12(15)14-11(13(16)17)8-21(18,19)20/h3-7,10-11H,2,8H2,1H3,(H,14,15)(H,16,17)(H,18,19,20)/t10?,11-/m0/s1. The Labute approximate surface area is 122 Å². The lowest BCUT2D eigenvalue weighted by molar-refractivity contribution is -0.141. The molecule has 8 heteroatoms. The molecule has 1 aromatic carbocycles. The van der Waals surface area contributed by atoms with Crippen molar-refractivity contribution in [2.45, 2.75) is 25.3 Å². The topological polar surface area (TPSA) is 121 Å². The van der Waals surface area contributed by atoms with Crippen molar-refractivity contribution in [1.29, 1.82) is 0 Å². The van der Waals surface area contributed by atoms with E-state index in [0.717, 1.165) is 0 Å². The van der Waals surface area contributed by atoms with Crippen molar-refractivity contribution in [3.05, 3.63) is 35.9 Å². The largest absolute Gasteiger partial charge is 0.480 e. The molecule has 3 N–H and O–H groups in total. The normalized spacial score (nSPS) is 14.2. The van der Waals surface area contributed by atoms with Gasteiger partial charge in [0.2, 0.25) is 5.91 Å². The van der Waals surface area contributed by atoms with Crippen LogP contribution in [0.3, 0.4) is 0 Å². The fourth-order valence-corrected chi connectivity index (χ4v) is 2.56. The third-order valence-electron chi connectivity index (χ3n) is 2.92. The van der Waals surface area contributed by atoms with E-state index in [2.05, 4.69) is 5.32 Å². The number of benzene rings is 1. The average Bonchev–Trinajstić information content (AvgIpc) is 2.38. The van der Waals surface area contributed by atoms with Crippen LogP contribution in [-0.4, -0.2) is 41.7 Å². The van der Waals surface area contributed by atoms with Crippen LogP contribution in [-0.2, 0) is 19.7 Å². The molecule has 0 fully saturated rings. The van der Waals surface area contributed by atoms with Gasteiger partial charge in [0.05, 0.1) is 5.92 Å². The molecule has 0 saturated heterocycles. The summed E-state index contributed by atoms with van der Waals surface area (Å²) in [5.41, 5.74) is 0.702. The fraction of sp³-hybridized carbons (Fsp3) is 0.385. The predicted molar refractivity (Wildman–Crippen MR) is 75.5 cm³/mol. The minimum absolute atomic E-state index is 0.425. The molecule has 0 radical (unpaired) electrons. The molecule has 0 aliphatic heterocycles. The quantitative estimate of drug-likeness (QED) is 0.635. The van der Waals surface area contributed by atoms with Crippen molar-refractivity contribution in [2.24, 2.45) is 0 Å². The zero-order valence-electron chi connectivity index (χ0n) is 11.4. The molecule has 0 aliphatic rings. The van der Waals surface area contributed by atoms with Crippen molar-refractivity contribution in [2.75, 3.05) is 5.75 Å². The summed E-state index contributed by atoms with van der Waals surface area (Å²) in [6.07, 6.45) is 0.425. The van der Waals surface area contributed by atoms with Crippen LogP contribution in [0.15, 0.2) is 30.3 Å². The Hall–Kier alpha value is -1.93. The van der Waals surface area contributed by atoms with E-state index in [1.165, 1.54) is 0 Å². The van der Waals surface area contributed by atoms with E-state index in [0.29, 0.717) is 12.0 Å². The summed E-state index contributed by atoms with van der Waals surface area (Å²) in [6.45, 7) is 1.76. The number of rotatable bonds is 7. The number of carboxylic acid groups (broad SMARTS) is 1. The lowest BCUT2D eigenvalue weighted by atomic mass is 9.95. The van der Waals surface area contributed by atoms with Gasteiger partial charge in [0.25, 0.3) is 10.1 Å². The summed E-state index contributed by atoms with van der Waals surface area (Å²) in [6, 6.07) is 7.05. The Balaban J connectivity index is 2.87. The zero-order chi connectivity index (χ0) is 16.0. The van der Waals surface area contributed by atoms with Gasteiger partial charge in [-0.05, 0) is 12.0 Å². The highest BCUT2D eigenvalue weighted by molar-refractivity contribution is 7.85. The SMILES string of the molecule is CCC(C(=O)N[C@@H](CS(=O)(=O)O)C(=O)O)c1ccccc1. The number of carbonyl (C=O) groups excluding carboxylic acids is 1. The number of amides is 1. The van der Waals surface area contributed by atoms with E-state index < -0.39 is 39.7 Å². The maximum atomic E-state index is 12.1. The Morgan fingerprint density at radius 2 is 1.81 bits per heavy atom. The van der Waals surface area contributed by atoms with E-state index in [4.69, 9.17) is 9.66 Å². The van der Waals surface area contributed by atoms with Gasteiger partial charge in [-0.15, -0.1) is 0 Å². The van der Waals surface area contributed by atoms with Crippen LogP contribution in [0.25, 0.3) is 0 Å². The number of hydrogen-bond donors (Lipinski definition) is 3. The number of hydrogen-bond acceptors (Lipinski definition) is 4. The average molecular weight is 315 g/mol. The molecule has 0 bridgehead atoms. The van der Waals surface area contributed by atoms with Crippen molar-refractivity contribution >= 4 is 22.0 Å². The molecule has 0 saturated carbocycles. The van der Waals surface area contributed by atoms with Gasteiger partial charge in [0.1, 0.15) is 11.8 Å². The minimum atomic E-state index is -4.51. The molecular weight excluding hydrogens is 298 g/mol. The van der Waals surface area contributed by atoms with E-state index in [-0.39, 0.29) is 0 Å². The molecule has 0 aromatic heterocycles. The van der Waals surface area contributed by atoms with Gasteiger partial charge < -0.3 is 10.4 Å². The molecule has 1 rings (SSSR count). The lowest BCUT2D eigenvalue weighted by Crippen LogP contribution is -2.46. The number of aliphatic carboxylic acids is 1. The lowest BCUT2D eigenvalue weighted by Gasteiger charge is -2.19. The third kappa shape index (κ3) is 5.52. The first kappa shape index (κ1) is 17.1. The van der Waals surface area contributed by atoms with Gasteiger partial charge >= 0.3 is 5.97 Å². The molecule has 1 aromatic rings. The van der Waals surface area contributed by atoms with Gasteiger partial charge in [-0.1, -0.05) is 37.3 Å². The maximum Gasteiger partial charge on any atom is 0.327 e. The predicted octanol–water partition coefficient (Wildman–Crippen LogP) is 0.637. The van der Waals surface area contributed by atoms with Crippen LogP contribution in [0, 0.1) is 0 Å². The zero-order valence-corrected chi connectivity index (χ0v) is 12.2. The molecule has 1 unspecified atom stereocenters. The van der Waals surface area contributed by atoms with Gasteiger partial charge in [-0.25, -0.2) is 4.79 Å². The highest BCUT2D eigenvalue weighted by Gasteiger charge is 2.28. The fourth-order valence-electron chi connectivity index (χ4n) is 1.92. The molecule has 21 heavy (non-hydrogen) atoms. The Morgan fingerprint density at radius 1 is 1.24 bits per heavy atom. The van der Waals surface area contributed by atoms with E-state index in [9.17, 15) is 18.0 Å². The number of nitrogens with one attached hydrogen (secondary N) is 1. The summed E-state index contributed by atoms with van der Waals surface area (Å²) in [5.74, 6) is -3.78. The van der Waals surface area contributed by atoms with Crippen molar-refractivity contribution in [3.63, 3.8) is 0 Å². The van der Waals surface area contributed by atoms with Crippen molar-refractivity contribution < 1.29 is 27.7 Å². The van der Waals surface area contributed by atoms with Crippen LogP contribution in [0.4, 0.5) is 0 Å². The molecular formula is C13H17NO6S. The van der Waals surface area contributed by atoms with E-state index in [1.54, 1.807) is 37.3 Å². The second-order valence-electron chi connectivity index (χ2n) is 4.52. The smallest absolute Gasteiger partial charge is 0.327 e. The Bertz CT molecular complexity index is 598. The molecule has 1 amide bonds. The van der Waals surface area contributed by atoms with Crippen LogP contribution in [0.1, 0.15) is 24.8 Å². The first-order valence-corrected chi connectivity index (χ1v) is 7.88. The van der Waals surface area contributed by atoms with Crippen molar-refractivity contribution in [1.82, 2.24) is 5.32 Å². The second kappa shape index (κ2) is 7.19. The van der Waals surface area contributed by atoms with Crippen molar-refractivity contribution in [3.8, 4) is 0 Å². The molecule has 0 heterocycles. The van der Waals surface area contributed by atoms with Gasteiger partial charge in [-0.2, -0.15) is 8.42 Å². The van der Waals surface area contributed by atoms with E-state index in [1.807, 2.05) is 0 Å². The van der Waals surface area contributed by atoms with E-state index >= 15 is 0 Å². The van der Waals surface area contributed by atoms with Crippen LogP contribution in [0.5, 0.6) is 0 Å². The van der Waals surface area contributed by atoms with Gasteiger partial charge in [0, 0.05) is 0 Å².